The zero-order valence-corrected chi connectivity index (χ0v) is 10.5. The Morgan fingerprint density at radius 2 is 1.16 bits per heavy atom. The molecule has 0 bridgehead atoms. The number of nitrogens with two attached hydrogens (primary N) is 1. The Bertz CT molecular complexity index is 543. The lowest BCUT2D eigenvalue weighted by Gasteiger charge is -1.98. The number of rotatable bonds is 1. The molecular weight excluding hydrogens is 234 g/mol. The Labute approximate surface area is 112 Å². The van der Waals surface area contributed by atoms with E-state index in [0.717, 1.165) is 0 Å². The van der Waals surface area contributed by atoms with Crippen LogP contribution in [-0.2, 0) is 0 Å². The third-order valence-electron chi connectivity index (χ3n) is 2.47. The fourth-order valence-electron chi connectivity index (χ4n) is 1.57. The summed E-state index contributed by atoms with van der Waals surface area (Å²) in [5.41, 5.74) is 7.74. The second kappa shape index (κ2) is 6.91. The van der Waals surface area contributed by atoms with Gasteiger partial charge in [0, 0.05) is 6.20 Å². The number of nitrogen functional groups attached to an aromatic ring is 1. The van der Waals surface area contributed by atoms with Crippen LogP contribution in [0.2, 0.25) is 0 Å². The predicted molar refractivity (Wildman–Crippen MR) is 78.3 cm³/mol. The van der Waals surface area contributed by atoms with E-state index >= 15 is 0 Å². The molecule has 0 aliphatic rings. The summed E-state index contributed by atoms with van der Waals surface area (Å²) in [5.74, 6) is 0.461. The number of anilines is 1. The maximum Gasteiger partial charge on any atom is 0.146 e. The highest BCUT2D eigenvalue weighted by molar-refractivity contribution is 5.62. The maximum atomic E-state index is 5.18. The van der Waals surface area contributed by atoms with Crippen LogP contribution >= 0.6 is 0 Å². The van der Waals surface area contributed by atoms with Crippen LogP contribution in [0.5, 0.6) is 0 Å². The molecule has 1 heterocycles. The van der Waals surface area contributed by atoms with Crippen molar-refractivity contribution < 1.29 is 0 Å². The summed E-state index contributed by atoms with van der Waals surface area (Å²) in [5, 5.41) is 7.02. The minimum absolute atomic E-state index is 0.461. The summed E-state index contributed by atoms with van der Waals surface area (Å²) in [6.07, 6.45) is 1.58. The highest BCUT2D eigenvalue weighted by Gasteiger charge is 1.91. The lowest BCUT2D eigenvalue weighted by atomic mass is 10.1. The van der Waals surface area contributed by atoms with Crippen LogP contribution in [0, 0.1) is 0 Å². The first kappa shape index (κ1) is 12.8. The van der Waals surface area contributed by atoms with Gasteiger partial charge >= 0.3 is 0 Å². The minimum Gasteiger partial charge on any atom is -0.382 e. The maximum absolute atomic E-state index is 5.18. The standard InChI is InChI=1S/C12H10.C4H5N3/c1-3-7-11(8-4-1)12-9-5-2-6-10-12;5-4-2-1-3-6-7-4/h1-10H;1-3H,(H2,5,7). The van der Waals surface area contributed by atoms with E-state index in [1.807, 2.05) is 12.1 Å². The van der Waals surface area contributed by atoms with Crippen molar-refractivity contribution in [2.45, 2.75) is 0 Å². The zero-order valence-electron chi connectivity index (χ0n) is 10.5. The Kier molecular flexibility index (Phi) is 4.64. The molecule has 0 amide bonds. The van der Waals surface area contributed by atoms with Gasteiger partial charge in [0.25, 0.3) is 0 Å². The Hall–Kier alpha value is -2.68. The smallest absolute Gasteiger partial charge is 0.146 e. The Balaban J connectivity index is 0.000000163. The van der Waals surface area contributed by atoms with E-state index in [-0.39, 0.29) is 0 Å². The number of hydrogen-bond donors (Lipinski definition) is 1. The van der Waals surface area contributed by atoms with Gasteiger partial charge in [0.05, 0.1) is 0 Å². The fourth-order valence-corrected chi connectivity index (χ4v) is 1.57. The van der Waals surface area contributed by atoms with Crippen LogP contribution in [0.1, 0.15) is 0 Å². The normalized spacial score (nSPS) is 9.26. The van der Waals surface area contributed by atoms with E-state index in [1.165, 1.54) is 11.1 Å². The van der Waals surface area contributed by atoms with E-state index in [4.69, 9.17) is 5.73 Å². The van der Waals surface area contributed by atoms with Crippen molar-refractivity contribution in [3.8, 4) is 11.1 Å². The summed E-state index contributed by atoms with van der Waals surface area (Å²) < 4.78 is 0. The number of aromatic nitrogens is 2. The van der Waals surface area contributed by atoms with E-state index in [1.54, 1.807) is 18.3 Å². The third-order valence-corrected chi connectivity index (χ3v) is 2.47. The molecular formula is C16H15N3. The van der Waals surface area contributed by atoms with Gasteiger partial charge in [-0.1, -0.05) is 60.7 Å². The van der Waals surface area contributed by atoms with Gasteiger partial charge in [0.15, 0.2) is 0 Å². The molecule has 3 heteroatoms. The van der Waals surface area contributed by atoms with Crippen LogP contribution in [0.4, 0.5) is 5.82 Å². The van der Waals surface area contributed by atoms with Crippen molar-refractivity contribution in [1.29, 1.82) is 0 Å². The van der Waals surface area contributed by atoms with E-state index in [2.05, 4.69) is 58.7 Å². The van der Waals surface area contributed by atoms with Crippen molar-refractivity contribution in [2.24, 2.45) is 0 Å². The van der Waals surface area contributed by atoms with Gasteiger partial charge in [-0.25, -0.2) is 0 Å². The lowest BCUT2D eigenvalue weighted by molar-refractivity contribution is 1.04. The van der Waals surface area contributed by atoms with Gasteiger partial charge in [-0.3, -0.25) is 0 Å². The molecule has 0 saturated heterocycles. The van der Waals surface area contributed by atoms with Gasteiger partial charge in [0.2, 0.25) is 0 Å². The quantitative estimate of drug-likeness (QED) is 0.719. The summed E-state index contributed by atoms with van der Waals surface area (Å²) in [6.45, 7) is 0. The summed E-state index contributed by atoms with van der Waals surface area (Å²) in [4.78, 5) is 0. The highest BCUT2D eigenvalue weighted by Crippen LogP contribution is 2.17. The van der Waals surface area contributed by atoms with Gasteiger partial charge in [-0.2, -0.15) is 5.10 Å². The van der Waals surface area contributed by atoms with E-state index in [0.29, 0.717) is 5.82 Å². The molecule has 3 aromatic rings. The lowest BCUT2D eigenvalue weighted by Crippen LogP contribution is -1.88. The van der Waals surface area contributed by atoms with E-state index < -0.39 is 0 Å². The SMILES string of the molecule is Nc1cccnn1.c1ccc(-c2ccccc2)cc1. The molecule has 94 valence electrons. The van der Waals surface area contributed by atoms with Crippen LogP contribution < -0.4 is 5.73 Å². The van der Waals surface area contributed by atoms with Crippen LogP contribution in [0.15, 0.2) is 79.0 Å². The van der Waals surface area contributed by atoms with Crippen molar-refractivity contribution in [3.05, 3.63) is 79.0 Å². The average Bonchev–Trinajstić information content (AvgIpc) is 2.51. The van der Waals surface area contributed by atoms with Crippen LogP contribution in [0.3, 0.4) is 0 Å². The summed E-state index contributed by atoms with van der Waals surface area (Å²) >= 11 is 0. The molecule has 2 aromatic carbocycles. The molecule has 2 N–H and O–H groups in total. The zero-order chi connectivity index (χ0) is 13.3. The molecule has 0 aliphatic heterocycles. The van der Waals surface area contributed by atoms with Crippen LogP contribution in [-0.4, -0.2) is 10.2 Å². The molecule has 0 saturated carbocycles. The average molecular weight is 249 g/mol. The summed E-state index contributed by atoms with van der Waals surface area (Å²) in [7, 11) is 0. The molecule has 0 spiro atoms. The predicted octanol–water partition coefficient (Wildman–Crippen LogP) is 3.41. The van der Waals surface area contributed by atoms with Gasteiger partial charge < -0.3 is 5.73 Å². The Morgan fingerprint density at radius 3 is 1.47 bits per heavy atom. The molecule has 3 rings (SSSR count). The van der Waals surface area contributed by atoms with Gasteiger partial charge in [0.1, 0.15) is 5.82 Å². The molecule has 0 unspecified atom stereocenters. The van der Waals surface area contributed by atoms with Crippen molar-refractivity contribution in [2.75, 3.05) is 5.73 Å². The second-order valence-corrected chi connectivity index (χ2v) is 3.88. The van der Waals surface area contributed by atoms with E-state index in [9.17, 15) is 0 Å². The topological polar surface area (TPSA) is 51.8 Å². The molecule has 3 nitrogen and oxygen atoms in total. The van der Waals surface area contributed by atoms with Gasteiger partial charge in [-0.15, -0.1) is 5.10 Å². The fraction of sp³-hybridized carbons (Fsp3) is 0. The largest absolute Gasteiger partial charge is 0.382 e. The monoisotopic (exact) mass is 249 g/mol. The molecule has 0 fully saturated rings. The molecule has 0 atom stereocenters. The first-order valence-electron chi connectivity index (χ1n) is 6.00. The second-order valence-electron chi connectivity index (χ2n) is 3.88. The minimum atomic E-state index is 0.461. The molecule has 0 aliphatic carbocycles. The number of nitrogens with zero attached hydrogens (tertiary/aromatic N) is 2. The molecule has 0 radical (unpaired) electrons. The molecule has 19 heavy (non-hydrogen) atoms. The van der Waals surface area contributed by atoms with Crippen molar-refractivity contribution in [1.82, 2.24) is 10.2 Å². The Morgan fingerprint density at radius 1 is 0.632 bits per heavy atom. The van der Waals surface area contributed by atoms with Gasteiger partial charge in [-0.05, 0) is 23.3 Å². The number of hydrogen-bond acceptors (Lipinski definition) is 3. The molecule has 1 aromatic heterocycles. The first-order chi connectivity index (χ1) is 9.36. The number of benzene rings is 2. The van der Waals surface area contributed by atoms with Crippen molar-refractivity contribution >= 4 is 5.82 Å². The third kappa shape index (κ3) is 4.24. The highest BCUT2D eigenvalue weighted by atomic mass is 15.1. The summed E-state index contributed by atoms with van der Waals surface area (Å²) in [6, 6.07) is 24.2. The van der Waals surface area contributed by atoms with Crippen molar-refractivity contribution in [3.63, 3.8) is 0 Å². The first-order valence-corrected chi connectivity index (χ1v) is 6.00. The van der Waals surface area contributed by atoms with Crippen LogP contribution in [0.25, 0.3) is 11.1 Å².